The van der Waals surface area contributed by atoms with Crippen LogP contribution in [0.1, 0.15) is 24.9 Å². The summed E-state index contributed by atoms with van der Waals surface area (Å²) in [5.41, 5.74) is 1.93. The third-order valence-electron chi connectivity index (χ3n) is 3.09. The maximum Gasteiger partial charge on any atom is 0.171 e. The van der Waals surface area contributed by atoms with Gasteiger partial charge >= 0.3 is 0 Å². The fourth-order valence-corrected chi connectivity index (χ4v) is 2.50. The Hall–Kier alpha value is -1.46. The molecule has 0 fully saturated rings. The van der Waals surface area contributed by atoms with E-state index in [9.17, 15) is 4.39 Å². The molecule has 0 heterocycles. The predicted molar refractivity (Wildman–Crippen MR) is 92.9 cm³/mol. The largest absolute Gasteiger partial charge is 0.356 e. The molecule has 0 spiro atoms. The summed E-state index contributed by atoms with van der Waals surface area (Å²) in [6.07, 6.45) is 0.910. The Morgan fingerprint density at radius 3 is 2.33 bits per heavy atom. The molecule has 5 heteroatoms. The zero-order valence-electron chi connectivity index (χ0n) is 11.6. The van der Waals surface area contributed by atoms with Gasteiger partial charge in [0.15, 0.2) is 5.11 Å². The van der Waals surface area contributed by atoms with E-state index in [2.05, 4.69) is 45.6 Å². The summed E-state index contributed by atoms with van der Waals surface area (Å²) < 4.78 is 13.9. The first kappa shape index (κ1) is 15.9. The standard InChI is InChI=1S/C16H16BrFN2S/c1-2-15(11-3-5-12(17)6-4-11)20-16(21)19-14-9-7-13(18)8-10-14/h3-10,15H,2H2,1H3,(H2,19,20,21)/t15-/m1/s1. The van der Waals surface area contributed by atoms with Crippen molar-refractivity contribution < 1.29 is 4.39 Å². The Morgan fingerprint density at radius 1 is 1.14 bits per heavy atom. The van der Waals surface area contributed by atoms with Crippen LogP contribution in [0.15, 0.2) is 53.0 Å². The predicted octanol–water partition coefficient (Wildman–Crippen LogP) is 5.03. The highest BCUT2D eigenvalue weighted by Crippen LogP contribution is 2.19. The Bertz CT molecular complexity index is 599. The zero-order valence-corrected chi connectivity index (χ0v) is 14.0. The van der Waals surface area contributed by atoms with Crippen molar-refractivity contribution in [1.82, 2.24) is 5.32 Å². The van der Waals surface area contributed by atoms with Gasteiger partial charge in [0.1, 0.15) is 5.82 Å². The van der Waals surface area contributed by atoms with Crippen molar-refractivity contribution in [2.24, 2.45) is 0 Å². The molecular formula is C16H16BrFN2S. The first-order chi connectivity index (χ1) is 10.1. The molecule has 0 saturated heterocycles. The van der Waals surface area contributed by atoms with Gasteiger partial charge in [0.05, 0.1) is 6.04 Å². The van der Waals surface area contributed by atoms with Gasteiger partial charge in [-0.1, -0.05) is 35.0 Å². The molecule has 2 N–H and O–H groups in total. The number of benzene rings is 2. The summed E-state index contributed by atoms with van der Waals surface area (Å²) in [7, 11) is 0. The Morgan fingerprint density at radius 2 is 1.76 bits per heavy atom. The summed E-state index contributed by atoms with van der Waals surface area (Å²) >= 11 is 8.74. The smallest absolute Gasteiger partial charge is 0.171 e. The first-order valence-corrected chi connectivity index (χ1v) is 7.87. The number of rotatable bonds is 4. The van der Waals surface area contributed by atoms with Gasteiger partial charge in [-0.2, -0.15) is 0 Å². The van der Waals surface area contributed by atoms with Gasteiger partial charge in [0.2, 0.25) is 0 Å². The Kier molecular flexibility index (Phi) is 5.70. The summed E-state index contributed by atoms with van der Waals surface area (Å²) in [5, 5.41) is 6.86. The number of hydrogen-bond donors (Lipinski definition) is 2. The Balaban J connectivity index is 1.99. The van der Waals surface area contributed by atoms with Crippen LogP contribution in [0.3, 0.4) is 0 Å². The van der Waals surface area contributed by atoms with Crippen LogP contribution in [0, 0.1) is 5.82 Å². The lowest BCUT2D eigenvalue weighted by Crippen LogP contribution is -2.32. The van der Waals surface area contributed by atoms with E-state index in [1.54, 1.807) is 12.1 Å². The normalized spacial score (nSPS) is 11.8. The average Bonchev–Trinajstić information content (AvgIpc) is 2.48. The van der Waals surface area contributed by atoms with Crippen LogP contribution in [-0.2, 0) is 0 Å². The highest BCUT2D eigenvalue weighted by atomic mass is 79.9. The van der Waals surface area contributed by atoms with E-state index in [-0.39, 0.29) is 11.9 Å². The van der Waals surface area contributed by atoms with Crippen molar-refractivity contribution >= 4 is 38.9 Å². The highest BCUT2D eigenvalue weighted by Gasteiger charge is 2.10. The molecule has 0 aliphatic heterocycles. The second-order valence-corrected chi connectivity index (χ2v) is 5.94. The van der Waals surface area contributed by atoms with Crippen molar-refractivity contribution in [2.45, 2.75) is 19.4 Å². The summed E-state index contributed by atoms with van der Waals surface area (Å²) in [6.45, 7) is 2.10. The maximum atomic E-state index is 12.9. The monoisotopic (exact) mass is 366 g/mol. The average molecular weight is 367 g/mol. The van der Waals surface area contributed by atoms with Gasteiger partial charge in [0.25, 0.3) is 0 Å². The minimum atomic E-state index is -0.263. The lowest BCUT2D eigenvalue weighted by molar-refractivity contribution is 0.627. The summed E-state index contributed by atoms with van der Waals surface area (Å²) in [6, 6.07) is 14.4. The van der Waals surface area contributed by atoms with Crippen molar-refractivity contribution in [3.05, 3.63) is 64.4 Å². The maximum absolute atomic E-state index is 12.9. The fraction of sp³-hybridized carbons (Fsp3) is 0.188. The van der Waals surface area contributed by atoms with Crippen LogP contribution in [0.2, 0.25) is 0 Å². The minimum absolute atomic E-state index is 0.138. The molecule has 0 aliphatic rings. The molecule has 2 nitrogen and oxygen atoms in total. The SMILES string of the molecule is CC[C@@H](NC(=S)Nc1ccc(F)cc1)c1ccc(Br)cc1. The van der Waals surface area contributed by atoms with Crippen LogP contribution in [-0.4, -0.2) is 5.11 Å². The van der Waals surface area contributed by atoms with Gasteiger partial charge in [-0.3, -0.25) is 0 Å². The number of nitrogens with one attached hydrogen (secondary N) is 2. The molecule has 110 valence electrons. The molecule has 2 aromatic rings. The van der Waals surface area contributed by atoms with E-state index in [4.69, 9.17) is 12.2 Å². The van der Waals surface area contributed by atoms with Gasteiger partial charge in [-0.05, 0) is 60.6 Å². The van der Waals surface area contributed by atoms with Crippen LogP contribution < -0.4 is 10.6 Å². The number of halogens is 2. The lowest BCUT2D eigenvalue weighted by Gasteiger charge is -2.20. The fourth-order valence-electron chi connectivity index (χ4n) is 1.97. The van der Waals surface area contributed by atoms with Crippen LogP contribution in [0.5, 0.6) is 0 Å². The van der Waals surface area contributed by atoms with Crippen LogP contribution in [0.25, 0.3) is 0 Å². The molecular weight excluding hydrogens is 351 g/mol. The molecule has 1 atom stereocenters. The topological polar surface area (TPSA) is 24.1 Å². The van der Waals surface area contributed by atoms with E-state index in [1.807, 2.05) is 12.1 Å². The van der Waals surface area contributed by atoms with E-state index < -0.39 is 0 Å². The quantitative estimate of drug-likeness (QED) is 0.742. The third-order valence-corrected chi connectivity index (χ3v) is 3.84. The number of thiocarbonyl (C=S) groups is 1. The molecule has 0 radical (unpaired) electrons. The highest BCUT2D eigenvalue weighted by molar-refractivity contribution is 9.10. The molecule has 0 unspecified atom stereocenters. The van der Waals surface area contributed by atoms with Gasteiger partial charge in [-0.15, -0.1) is 0 Å². The summed E-state index contributed by atoms with van der Waals surface area (Å²) in [4.78, 5) is 0. The van der Waals surface area contributed by atoms with E-state index in [0.29, 0.717) is 5.11 Å². The summed E-state index contributed by atoms with van der Waals surface area (Å²) in [5.74, 6) is -0.263. The third kappa shape index (κ3) is 4.79. The molecule has 0 bridgehead atoms. The first-order valence-electron chi connectivity index (χ1n) is 6.67. The minimum Gasteiger partial charge on any atom is -0.356 e. The molecule has 0 aromatic heterocycles. The second kappa shape index (κ2) is 7.52. The molecule has 0 aliphatic carbocycles. The van der Waals surface area contributed by atoms with Crippen molar-refractivity contribution in [3.8, 4) is 0 Å². The lowest BCUT2D eigenvalue weighted by atomic mass is 10.1. The van der Waals surface area contributed by atoms with Crippen molar-refractivity contribution in [1.29, 1.82) is 0 Å². The molecule has 0 saturated carbocycles. The zero-order chi connectivity index (χ0) is 15.2. The van der Waals surface area contributed by atoms with E-state index in [1.165, 1.54) is 17.7 Å². The molecule has 21 heavy (non-hydrogen) atoms. The molecule has 0 amide bonds. The number of anilines is 1. The van der Waals surface area contributed by atoms with Crippen molar-refractivity contribution in [2.75, 3.05) is 5.32 Å². The van der Waals surface area contributed by atoms with Gasteiger partial charge in [-0.25, -0.2) is 4.39 Å². The molecule has 2 aromatic carbocycles. The van der Waals surface area contributed by atoms with Crippen LogP contribution >= 0.6 is 28.1 Å². The van der Waals surface area contributed by atoms with Crippen LogP contribution in [0.4, 0.5) is 10.1 Å². The van der Waals surface area contributed by atoms with Gasteiger partial charge < -0.3 is 10.6 Å². The van der Waals surface area contributed by atoms with Crippen molar-refractivity contribution in [3.63, 3.8) is 0 Å². The molecule has 2 rings (SSSR count). The van der Waals surface area contributed by atoms with E-state index in [0.717, 1.165) is 16.6 Å². The van der Waals surface area contributed by atoms with E-state index >= 15 is 0 Å². The second-order valence-electron chi connectivity index (χ2n) is 4.62. The van der Waals surface area contributed by atoms with Gasteiger partial charge in [0, 0.05) is 10.2 Å². The Labute approximate surface area is 137 Å². The number of hydrogen-bond acceptors (Lipinski definition) is 1.